The Kier molecular flexibility index (Phi) is 5.33. The molecule has 0 spiro atoms. The van der Waals surface area contributed by atoms with Gasteiger partial charge in [-0.05, 0) is 23.8 Å². The summed E-state index contributed by atoms with van der Waals surface area (Å²) in [5.74, 6) is -0.205. The number of nitrogens with two attached hydrogens (primary N) is 1. The predicted molar refractivity (Wildman–Crippen MR) is 94.7 cm³/mol. The molecule has 2 rings (SSSR count). The fourth-order valence-corrected chi connectivity index (χ4v) is 3.21. The maximum Gasteiger partial charge on any atom is 0.266 e. The van der Waals surface area contributed by atoms with E-state index in [0.717, 1.165) is 11.3 Å². The van der Waals surface area contributed by atoms with Crippen LogP contribution in [0.1, 0.15) is 5.56 Å². The number of anilines is 1. The van der Waals surface area contributed by atoms with Crippen LogP contribution in [0.25, 0.3) is 6.08 Å². The molecule has 1 fully saturated rings. The largest absolute Gasteiger partial charge is 0.378 e. The molecular weight excluding hydrogens is 318 g/mol. The van der Waals surface area contributed by atoms with E-state index in [9.17, 15) is 9.59 Å². The smallest absolute Gasteiger partial charge is 0.266 e. The van der Waals surface area contributed by atoms with Crippen LogP contribution in [0.3, 0.4) is 0 Å². The van der Waals surface area contributed by atoms with Crippen molar-refractivity contribution in [3.8, 4) is 0 Å². The number of aldehydes is 1. The Morgan fingerprint density at radius 3 is 2.55 bits per heavy atom. The highest BCUT2D eigenvalue weighted by atomic mass is 32.2. The van der Waals surface area contributed by atoms with Crippen molar-refractivity contribution >= 4 is 52.3 Å². The van der Waals surface area contributed by atoms with Crippen LogP contribution >= 0.6 is 24.0 Å². The van der Waals surface area contributed by atoms with E-state index in [1.807, 2.05) is 43.3 Å². The van der Waals surface area contributed by atoms with Gasteiger partial charge in [0.15, 0.2) is 0 Å². The Balaban J connectivity index is 2.17. The van der Waals surface area contributed by atoms with E-state index in [-0.39, 0.29) is 12.5 Å². The van der Waals surface area contributed by atoms with Crippen molar-refractivity contribution in [3.63, 3.8) is 0 Å². The van der Waals surface area contributed by atoms with E-state index >= 15 is 0 Å². The van der Waals surface area contributed by atoms with Crippen molar-refractivity contribution in [2.75, 3.05) is 25.5 Å². The second-order valence-corrected chi connectivity index (χ2v) is 6.75. The molecule has 1 aromatic carbocycles. The molecule has 116 valence electrons. The Morgan fingerprint density at radius 1 is 1.36 bits per heavy atom. The van der Waals surface area contributed by atoms with Crippen LogP contribution < -0.4 is 10.6 Å². The number of carbonyl (C=O) groups excluding carboxylic acids is 2. The van der Waals surface area contributed by atoms with Crippen molar-refractivity contribution in [3.05, 3.63) is 34.7 Å². The molecule has 0 saturated carbocycles. The quantitative estimate of drug-likeness (QED) is 0.499. The zero-order chi connectivity index (χ0) is 16.3. The molecule has 1 heterocycles. The number of thioether (sulfide) groups is 1. The number of hydrogen-bond acceptors (Lipinski definition) is 6. The molecule has 5 nitrogen and oxygen atoms in total. The highest BCUT2D eigenvalue weighted by Gasteiger charge is 2.32. The Morgan fingerprint density at radius 2 is 2.00 bits per heavy atom. The SMILES string of the molecule is CN(C)c1ccc(/C=C2/SC(=S)N(CC(N)C=O)C2=O)cc1. The molecule has 1 amide bonds. The Bertz CT molecular complexity index is 626. The van der Waals surface area contributed by atoms with Crippen LogP contribution in [0.5, 0.6) is 0 Å². The minimum absolute atomic E-state index is 0.116. The van der Waals surface area contributed by atoms with Gasteiger partial charge in [0.2, 0.25) is 0 Å². The Labute approximate surface area is 139 Å². The third-order valence-electron chi connectivity index (χ3n) is 3.15. The fraction of sp³-hybridized carbons (Fsp3) is 0.267. The molecule has 0 aliphatic carbocycles. The predicted octanol–water partition coefficient (Wildman–Crippen LogP) is 1.48. The van der Waals surface area contributed by atoms with E-state index in [0.29, 0.717) is 15.5 Å². The van der Waals surface area contributed by atoms with Gasteiger partial charge in [-0.2, -0.15) is 0 Å². The number of amides is 1. The summed E-state index contributed by atoms with van der Waals surface area (Å²) in [6, 6.07) is 7.13. The van der Waals surface area contributed by atoms with E-state index in [2.05, 4.69) is 0 Å². The average Bonchev–Trinajstić information content (AvgIpc) is 2.75. The van der Waals surface area contributed by atoms with E-state index in [4.69, 9.17) is 18.0 Å². The molecule has 22 heavy (non-hydrogen) atoms. The van der Waals surface area contributed by atoms with Crippen LogP contribution in [-0.2, 0) is 9.59 Å². The summed E-state index contributed by atoms with van der Waals surface area (Å²) in [7, 11) is 3.94. The summed E-state index contributed by atoms with van der Waals surface area (Å²) < 4.78 is 0.429. The lowest BCUT2D eigenvalue weighted by atomic mass is 10.2. The zero-order valence-electron chi connectivity index (χ0n) is 12.4. The molecule has 1 aliphatic heterocycles. The second kappa shape index (κ2) is 7.04. The first kappa shape index (κ1) is 16.7. The second-order valence-electron chi connectivity index (χ2n) is 5.08. The molecule has 2 N–H and O–H groups in total. The minimum Gasteiger partial charge on any atom is -0.378 e. The molecule has 1 aromatic rings. The lowest BCUT2D eigenvalue weighted by molar-refractivity contribution is -0.122. The van der Waals surface area contributed by atoms with Gasteiger partial charge in [-0.1, -0.05) is 36.1 Å². The van der Waals surface area contributed by atoms with Crippen LogP contribution in [0, 0.1) is 0 Å². The average molecular weight is 335 g/mol. The highest BCUT2D eigenvalue weighted by molar-refractivity contribution is 8.26. The van der Waals surface area contributed by atoms with E-state index in [1.54, 1.807) is 6.08 Å². The normalized spacial score (nSPS) is 18.0. The van der Waals surface area contributed by atoms with Crippen molar-refractivity contribution in [2.24, 2.45) is 5.73 Å². The molecule has 1 unspecified atom stereocenters. The number of nitrogens with zero attached hydrogens (tertiary/aromatic N) is 2. The number of thiocarbonyl (C=S) groups is 1. The first-order valence-corrected chi connectivity index (χ1v) is 7.88. The lowest BCUT2D eigenvalue weighted by Gasteiger charge is -2.15. The lowest BCUT2D eigenvalue weighted by Crippen LogP contribution is -2.40. The summed E-state index contributed by atoms with van der Waals surface area (Å²) in [6.45, 7) is 0.116. The van der Waals surface area contributed by atoms with Crippen molar-refractivity contribution in [2.45, 2.75) is 6.04 Å². The maximum absolute atomic E-state index is 12.3. The first-order chi connectivity index (χ1) is 10.4. The van der Waals surface area contributed by atoms with Crippen LogP contribution in [-0.4, -0.2) is 48.1 Å². The molecule has 0 bridgehead atoms. The summed E-state index contributed by atoms with van der Waals surface area (Å²) in [4.78, 5) is 26.9. The van der Waals surface area contributed by atoms with Crippen molar-refractivity contribution in [1.29, 1.82) is 0 Å². The Hall–Kier alpha value is -1.70. The van der Waals surface area contributed by atoms with Gasteiger partial charge in [0.1, 0.15) is 10.6 Å². The molecule has 7 heteroatoms. The van der Waals surface area contributed by atoms with Crippen molar-refractivity contribution in [1.82, 2.24) is 4.90 Å². The van der Waals surface area contributed by atoms with Gasteiger partial charge in [-0.3, -0.25) is 9.69 Å². The van der Waals surface area contributed by atoms with Crippen molar-refractivity contribution < 1.29 is 9.59 Å². The summed E-state index contributed by atoms with van der Waals surface area (Å²) in [6.07, 6.45) is 2.41. The maximum atomic E-state index is 12.3. The molecule has 1 atom stereocenters. The molecule has 1 aliphatic rings. The van der Waals surface area contributed by atoms with Gasteiger partial charge in [-0.15, -0.1) is 0 Å². The molecule has 0 radical (unpaired) electrons. The fourth-order valence-electron chi connectivity index (χ4n) is 1.93. The standard InChI is InChI=1S/C15H17N3O2S2/c1-17(2)12-5-3-10(4-6-12)7-13-14(20)18(15(21)22-13)8-11(16)9-19/h3-7,9,11H,8,16H2,1-2H3/b13-7+. The number of benzene rings is 1. The summed E-state index contributed by atoms with van der Waals surface area (Å²) >= 11 is 6.41. The summed E-state index contributed by atoms with van der Waals surface area (Å²) in [5, 5.41) is 0. The minimum atomic E-state index is -0.721. The van der Waals surface area contributed by atoms with E-state index in [1.165, 1.54) is 16.7 Å². The monoisotopic (exact) mass is 335 g/mol. The third-order valence-corrected chi connectivity index (χ3v) is 4.53. The highest BCUT2D eigenvalue weighted by Crippen LogP contribution is 2.32. The third kappa shape index (κ3) is 3.73. The van der Waals surface area contributed by atoms with Gasteiger partial charge in [0, 0.05) is 26.3 Å². The number of rotatable bonds is 5. The number of hydrogen-bond donors (Lipinski definition) is 1. The van der Waals surface area contributed by atoms with E-state index < -0.39 is 6.04 Å². The van der Waals surface area contributed by atoms with Gasteiger partial charge in [0.05, 0.1) is 10.9 Å². The first-order valence-electron chi connectivity index (χ1n) is 6.66. The topological polar surface area (TPSA) is 66.6 Å². The van der Waals surface area contributed by atoms with Gasteiger partial charge >= 0.3 is 0 Å². The van der Waals surface area contributed by atoms with Crippen LogP contribution in [0.15, 0.2) is 29.2 Å². The number of carbonyl (C=O) groups is 2. The zero-order valence-corrected chi connectivity index (χ0v) is 14.0. The summed E-state index contributed by atoms with van der Waals surface area (Å²) in [5.41, 5.74) is 7.57. The van der Waals surface area contributed by atoms with Gasteiger partial charge in [-0.25, -0.2) is 0 Å². The van der Waals surface area contributed by atoms with Crippen LogP contribution in [0.4, 0.5) is 5.69 Å². The molecule has 1 saturated heterocycles. The van der Waals surface area contributed by atoms with Gasteiger partial charge < -0.3 is 15.4 Å². The molecular formula is C15H17N3O2S2. The molecule has 0 aromatic heterocycles. The van der Waals surface area contributed by atoms with Gasteiger partial charge in [0.25, 0.3) is 5.91 Å². The van der Waals surface area contributed by atoms with Crippen LogP contribution in [0.2, 0.25) is 0 Å².